The zero-order valence-corrected chi connectivity index (χ0v) is 31.9. The topological polar surface area (TPSA) is 183 Å². The first-order chi connectivity index (χ1) is 26.6. The molecule has 3 aromatic rings. The Hall–Kier alpha value is -5.41. The number of allylic oxidation sites excluding steroid dienone is 1. The van der Waals surface area contributed by atoms with Crippen molar-refractivity contribution < 1.29 is 14.4 Å². The Labute approximate surface area is 321 Å². The van der Waals surface area contributed by atoms with Crippen molar-refractivity contribution >= 4 is 29.1 Å². The summed E-state index contributed by atoms with van der Waals surface area (Å²) in [5.74, 6) is -0.421. The van der Waals surface area contributed by atoms with Gasteiger partial charge in [-0.25, -0.2) is 4.98 Å². The lowest BCUT2D eigenvalue weighted by molar-refractivity contribution is -0.121. The molecule has 1 aromatic carbocycles. The highest BCUT2D eigenvalue weighted by Crippen LogP contribution is 2.49. The van der Waals surface area contributed by atoms with Crippen molar-refractivity contribution in [3.63, 3.8) is 0 Å². The molecular weight excluding hydrogens is 697 g/mol. The van der Waals surface area contributed by atoms with Crippen molar-refractivity contribution in [2.24, 2.45) is 17.4 Å². The van der Waals surface area contributed by atoms with Crippen LogP contribution in [0, 0.1) is 5.92 Å². The van der Waals surface area contributed by atoms with Gasteiger partial charge in [0, 0.05) is 82.0 Å². The van der Waals surface area contributed by atoms with Gasteiger partial charge in [0.15, 0.2) is 0 Å². The van der Waals surface area contributed by atoms with Gasteiger partial charge in [0.05, 0.1) is 46.7 Å². The zero-order valence-electron chi connectivity index (χ0n) is 31.9. The van der Waals surface area contributed by atoms with E-state index in [1.807, 2.05) is 41.4 Å². The average molecular weight is 749 g/mol. The van der Waals surface area contributed by atoms with E-state index in [9.17, 15) is 14.4 Å². The summed E-state index contributed by atoms with van der Waals surface area (Å²) in [6.45, 7) is 7.68. The molecular formula is C40H52N12O3. The summed E-state index contributed by atoms with van der Waals surface area (Å²) in [4.78, 5) is 52.3. The second-order valence-corrected chi connectivity index (χ2v) is 15.6. The fourth-order valence-electron chi connectivity index (χ4n) is 7.89. The van der Waals surface area contributed by atoms with Gasteiger partial charge in [0.2, 0.25) is 5.91 Å². The van der Waals surface area contributed by atoms with Gasteiger partial charge < -0.3 is 42.1 Å². The van der Waals surface area contributed by atoms with Crippen LogP contribution in [0.5, 0.6) is 0 Å². The number of carbonyl (C=O) groups excluding carboxylic acids is 3. The molecule has 3 aliphatic heterocycles. The van der Waals surface area contributed by atoms with E-state index < -0.39 is 0 Å². The Kier molecular flexibility index (Phi) is 9.99. The maximum atomic E-state index is 13.2. The zero-order chi connectivity index (χ0) is 38.4. The van der Waals surface area contributed by atoms with E-state index in [-0.39, 0.29) is 53.3 Å². The molecule has 2 saturated carbocycles. The van der Waals surface area contributed by atoms with E-state index in [2.05, 4.69) is 62.4 Å². The van der Waals surface area contributed by atoms with Crippen LogP contribution in [0.2, 0.25) is 0 Å². The SMILES string of the molecule is CC[C@@H]1c2c(cnn2C2CN(Cc3cccc(C(=O)N4CCN(C)CC4)n3)C2)-c2cccc(NC(/C=C(\N)NC(=O)C3CC3)=C(/N)C(=O)NC3CC3)c2N1C. The number of likely N-dealkylation sites (tertiary alicyclic amines) is 1. The van der Waals surface area contributed by atoms with E-state index in [4.69, 9.17) is 21.5 Å². The number of hydrogen-bond acceptors (Lipinski definition) is 11. The number of benzene rings is 1. The highest BCUT2D eigenvalue weighted by Gasteiger charge is 2.38. The van der Waals surface area contributed by atoms with E-state index in [1.54, 1.807) is 0 Å². The molecule has 2 aromatic heterocycles. The molecule has 1 atom stereocenters. The minimum atomic E-state index is -0.382. The number of pyridine rings is 1. The largest absolute Gasteiger partial charge is 0.393 e. The van der Waals surface area contributed by atoms with Gasteiger partial charge in [0.25, 0.3) is 11.8 Å². The second kappa shape index (κ2) is 15.0. The van der Waals surface area contributed by atoms with Gasteiger partial charge in [-0.1, -0.05) is 25.1 Å². The van der Waals surface area contributed by atoms with Crippen LogP contribution in [0.4, 0.5) is 11.4 Å². The third-order valence-corrected chi connectivity index (χ3v) is 11.4. The molecule has 15 heteroatoms. The number of amides is 3. The number of hydrogen-bond donors (Lipinski definition) is 5. The summed E-state index contributed by atoms with van der Waals surface area (Å²) in [5, 5.41) is 14.1. The van der Waals surface area contributed by atoms with Crippen LogP contribution in [0.3, 0.4) is 0 Å². The third kappa shape index (κ3) is 7.63. The molecule has 0 bridgehead atoms. The number of nitrogens with two attached hydrogens (primary N) is 2. The summed E-state index contributed by atoms with van der Waals surface area (Å²) >= 11 is 0. The molecule has 0 unspecified atom stereocenters. The summed E-state index contributed by atoms with van der Waals surface area (Å²) in [7, 11) is 4.16. The van der Waals surface area contributed by atoms with Crippen molar-refractivity contribution in [3.05, 3.63) is 83.0 Å². The first-order valence-electron chi connectivity index (χ1n) is 19.5. The number of carbonyl (C=O) groups is 3. The minimum absolute atomic E-state index is 0.000666. The van der Waals surface area contributed by atoms with Gasteiger partial charge in [0.1, 0.15) is 17.2 Å². The Bertz CT molecular complexity index is 2040. The number of nitrogens with zero attached hydrogens (tertiary/aromatic N) is 7. The molecule has 55 heavy (non-hydrogen) atoms. The molecule has 3 amide bonds. The predicted molar refractivity (Wildman–Crippen MR) is 210 cm³/mol. The summed E-state index contributed by atoms with van der Waals surface area (Å²) in [6, 6.07) is 12.1. The molecule has 7 N–H and O–H groups in total. The van der Waals surface area contributed by atoms with E-state index in [0.717, 1.165) is 99.6 Å². The minimum Gasteiger partial charge on any atom is -0.393 e. The monoisotopic (exact) mass is 748 g/mol. The number of nitrogens with one attached hydrogen (secondary N) is 3. The first-order valence-corrected chi connectivity index (χ1v) is 19.5. The van der Waals surface area contributed by atoms with Gasteiger partial charge >= 0.3 is 0 Å². The van der Waals surface area contributed by atoms with Gasteiger partial charge in [-0.15, -0.1) is 0 Å². The molecule has 8 rings (SSSR count). The lowest BCUT2D eigenvalue weighted by atomic mass is 9.91. The van der Waals surface area contributed by atoms with E-state index >= 15 is 0 Å². The number of rotatable bonds is 12. The van der Waals surface area contributed by atoms with Crippen molar-refractivity contribution in [2.45, 2.75) is 63.7 Å². The first kappa shape index (κ1) is 36.6. The van der Waals surface area contributed by atoms with Gasteiger partial charge in [-0.2, -0.15) is 5.10 Å². The average Bonchev–Trinajstić information content (AvgIpc) is 4.11. The van der Waals surface area contributed by atoms with Crippen molar-refractivity contribution in [3.8, 4) is 11.1 Å². The highest BCUT2D eigenvalue weighted by molar-refractivity contribution is 5.97. The van der Waals surface area contributed by atoms with Crippen LogP contribution >= 0.6 is 0 Å². The Morgan fingerprint density at radius 1 is 0.945 bits per heavy atom. The molecule has 0 radical (unpaired) electrons. The maximum absolute atomic E-state index is 13.2. The fourth-order valence-corrected chi connectivity index (χ4v) is 7.89. The number of fused-ring (bicyclic) bond motifs is 3. The highest BCUT2D eigenvalue weighted by atomic mass is 16.2. The van der Waals surface area contributed by atoms with Crippen LogP contribution in [-0.2, 0) is 16.1 Å². The number of aromatic nitrogens is 3. The Balaban J connectivity index is 1.01. The number of piperazine rings is 1. The quantitative estimate of drug-likeness (QED) is 0.136. The van der Waals surface area contributed by atoms with E-state index in [0.29, 0.717) is 17.9 Å². The molecule has 2 aliphatic carbocycles. The lowest BCUT2D eigenvalue weighted by Crippen LogP contribution is -2.48. The van der Waals surface area contributed by atoms with Crippen molar-refractivity contribution in [1.29, 1.82) is 0 Å². The second-order valence-electron chi connectivity index (χ2n) is 15.6. The number of likely N-dealkylation sites (N-methyl/N-ethyl adjacent to an activating group) is 1. The third-order valence-electron chi connectivity index (χ3n) is 11.4. The fraction of sp³-hybridized carbons (Fsp3) is 0.475. The predicted octanol–water partition coefficient (Wildman–Crippen LogP) is 2.48. The molecule has 290 valence electrons. The van der Waals surface area contributed by atoms with Crippen molar-refractivity contribution in [1.82, 2.24) is 40.1 Å². The van der Waals surface area contributed by atoms with Crippen LogP contribution in [0.15, 0.2) is 65.9 Å². The molecule has 15 nitrogen and oxygen atoms in total. The normalized spacial score (nSPS) is 20.9. The molecule has 2 saturated heterocycles. The van der Waals surface area contributed by atoms with Crippen LogP contribution in [0.1, 0.15) is 73.0 Å². The Morgan fingerprint density at radius 2 is 1.69 bits per heavy atom. The molecule has 5 heterocycles. The van der Waals surface area contributed by atoms with Crippen molar-refractivity contribution in [2.75, 3.05) is 63.6 Å². The molecule has 4 fully saturated rings. The number of para-hydroxylation sites is 1. The standard InChI is InChI=1S/C40H52N12O3/c1-4-33-37-29(20-43-52(37)27-22-50(23-27)21-26-7-5-10-31(44-26)40(55)51-17-15-48(2)16-18-51)28-8-6-9-30(36(28)49(33)3)46-32(35(42)39(54)45-25-13-14-25)19-34(41)47-38(53)24-11-12-24/h5-10,19-20,24-25,27,33,46H,4,11-18,21-23,41-42H2,1-3H3,(H,45,54)(H,47,53)/b34-19+,35-32+/t33-/m1/s1. The van der Waals surface area contributed by atoms with Gasteiger partial charge in [-0.3, -0.25) is 24.0 Å². The number of anilines is 2. The summed E-state index contributed by atoms with van der Waals surface area (Å²) in [5.41, 5.74) is 19.4. The summed E-state index contributed by atoms with van der Waals surface area (Å²) in [6.07, 6.45) is 7.87. The van der Waals surface area contributed by atoms with Crippen LogP contribution in [-0.4, -0.2) is 107 Å². The van der Waals surface area contributed by atoms with Crippen LogP contribution in [0.25, 0.3) is 11.1 Å². The van der Waals surface area contributed by atoms with Crippen LogP contribution < -0.4 is 32.3 Å². The maximum Gasteiger partial charge on any atom is 0.272 e. The van der Waals surface area contributed by atoms with Gasteiger partial charge in [-0.05, 0) is 57.4 Å². The smallest absolute Gasteiger partial charge is 0.272 e. The molecule has 0 spiro atoms. The summed E-state index contributed by atoms with van der Waals surface area (Å²) < 4.78 is 2.19. The lowest BCUT2D eigenvalue weighted by Gasteiger charge is -2.43. The Morgan fingerprint density at radius 3 is 2.40 bits per heavy atom. The molecule has 5 aliphatic rings. The van der Waals surface area contributed by atoms with E-state index in [1.165, 1.54) is 11.8 Å².